The fraction of sp³-hybridized carbons (Fsp3) is 0.923. The summed E-state index contributed by atoms with van der Waals surface area (Å²) in [6, 6.07) is 0. The van der Waals surface area contributed by atoms with Gasteiger partial charge in [-0.15, -0.1) is 0 Å². The molecule has 0 aromatic rings. The topological polar surface area (TPSA) is 52.6 Å². The average Bonchev–Trinajstić information content (AvgIpc) is 2.64. The minimum atomic E-state index is -0.146. The molecule has 0 aliphatic rings. The van der Waals surface area contributed by atoms with Crippen LogP contribution in [0.2, 0.25) is 0 Å². The van der Waals surface area contributed by atoms with Gasteiger partial charge in [-0.3, -0.25) is 9.59 Å². The normalized spacial score (nSPS) is 13.9. The van der Waals surface area contributed by atoms with E-state index in [-0.39, 0.29) is 11.9 Å². The van der Waals surface area contributed by atoms with Gasteiger partial charge in [0.05, 0.1) is 13.2 Å². The highest BCUT2D eigenvalue weighted by atomic mass is 16.5. The Labute approximate surface area is 186 Å². The van der Waals surface area contributed by atoms with Crippen LogP contribution >= 0.6 is 0 Å². The van der Waals surface area contributed by atoms with E-state index in [1.165, 1.54) is 0 Å². The molecule has 30 heavy (non-hydrogen) atoms. The molecule has 0 N–H and O–H groups in total. The molecular formula is C26H50O4. The summed E-state index contributed by atoms with van der Waals surface area (Å²) >= 11 is 0. The Morgan fingerprint density at radius 3 is 1.17 bits per heavy atom. The van der Waals surface area contributed by atoms with Crippen LogP contribution in [0.4, 0.5) is 0 Å². The van der Waals surface area contributed by atoms with Crippen LogP contribution < -0.4 is 0 Å². The summed E-state index contributed by atoms with van der Waals surface area (Å²) in [6.45, 7) is 18.7. The second-order valence-electron chi connectivity index (χ2n) is 10.5. The smallest absolute Gasteiger partial charge is 0.305 e. The molecule has 2 atom stereocenters. The number of rotatable bonds is 17. The summed E-state index contributed by atoms with van der Waals surface area (Å²) in [6.07, 6.45) is 6.64. The first-order valence-corrected chi connectivity index (χ1v) is 12.3. The van der Waals surface area contributed by atoms with Gasteiger partial charge in [0, 0.05) is 12.8 Å². The van der Waals surface area contributed by atoms with Crippen LogP contribution in [-0.4, -0.2) is 25.2 Å². The van der Waals surface area contributed by atoms with E-state index in [4.69, 9.17) is 9.47 Å². The monoisotopic (exact) mass is 426 g/mol. The predicted molar refractivity (Wildman–Crippen MR) is 125 cm³/mol. The summed E-state index contributed by atoms with van der Waals surface area (Å²) in [5, 5.41) is 0. The van der Waals surface area contributed by atoms with Crippen LogP contribution in [0, 0.1) is 35.5 Å². The number of carbonyl (C=O) groups excluding carboxylic acids is 2. The molecule has 0 amide bonds. The fourth-order valence-corrected chi connectivity index (χ4v) is 3.40. The highest BCUT2D eigenvalue weighted by Gasteiger charge is 2.18. The molecule has 178 valence electrons. The third-order valence-corrected chi connectivity index (χ3v) is 6.04. The lowest BCUT2D eigenvalue weighted by Gasteiger charge is -2.21. The Morgan fingerprint density at radius 2 is 0.900 bits per heavy atom. The lowest BCUT2D eigenvalue weighted by Crippen LogP contribution is -2.20. The molecule has 0 bridgehead atoms. The second kappa shape index (κ2) is 16.6. The number of carbonyl (C=O) groups is 2. The summed E-state index contributed by atoms with van der Waals surface area (Å²) < 4.78 is 11.0. The minimum Gasteiger partial charge on any atom is -0.465 e. The maximum Gasteiger partial charge on any atom is 0.305 e. The van der Waals surface area contributed by atoms with Crippen molar-refractivity contribution in [1.82, 2.24) is 0 Å². The van der Waals surface area contributed by atoms with E-state index in [1.807, 2.05) is 0 Å². The Kier molecular flexibility index (Phi) is 16.0. The molecule has 0 spiro atoms. The molecule has 0 rings (SSSR count). The van der Waals surface area contributed by atoms with Crippen LogP contribution in [0.3, 0.4) is 0 Å². The molecule has 0 aliphatic heterocycles. The van der Waals surface area contributed by atoms with Crippen LogP contribution in [0.15, 0.2) is 0 Å². The molecule has 4 heteroatoms. The van der Waals surface area contributed by atoms with Gasteiger partial charge in [0.15, 0.2) is 0 Å². The van der Waals surface area contributed by atoms with Crippen molar-refractivity contribution in [3.8, 4) is 0 Å². The van der Waals surface area contributed by atoms with Crippen LogP contribution in [0.25, 0.3) is 0 Å². The largest absolute Gasteiger partial charge is 0.465 e. The van der Waals surface area contributed by atoms with Gasteiger partial charge in [0.2, 0.25) is 0 Å². The molecule has 0 radical (unpaired) electrons. The number of ether oxygens (including phenoxy) is 2. The zero-order chi connectivity index (χ0) is 23.1. The molecule has 0 aromatic carbocycles. The number of hydrogen-bond donors (Lipinski definition) is 0. The van der Waals surface area contributed by atoms with Crippen molar-refractivity contribution in [3.63, 3.8) is 0 Å². The van der Waals surface area contributed by atoms with E-state index in [1.54, 1.807) is 0 Å². The van der Waals surface area contributed by atoms with Gasteiger partial charge < -0.3 is 9.47 Å². The van der Waals surface area contributed by atoms with Crippen LogP contribution in [-0.2, 0) is 19.1 Å². The molecule has 0 saturated heterocycles. The van der Waals surface area contributed by atoms with Gasteiger partial charge in [-0.2, -0.15) is 0 Å². The third-order valence-electron chi connectivity index (χ3n) is 6.04. The number of unbranched alkanes of at least 4 members (excludes halogenated alkanes) is 1. The highest BCUT2D eigenvalue weighted by molar-refractivity contribution is 5.70. The molecule has 2 unspecified atom stereocenters. The van der Waals surface area contributed by atoms with Crippen molar-refractivity contribution in [2.45, 2.75) is 107 Å². The first kappa shape index (κ1) is 28.9. The predicted octanol–water partition coefficient (Wildman–Crippen LogP) is 7.05. The molecule has 4 nitrogen and oxygen atoms in total. The molecule has 0 fully saturated rings. The van der Waals surface area contributed by atoms with E-state index in [0.29, 0.717) is 74.4 Å². The average molecular weight is 427 g/mol. The summed E-state index contributed by atoms with van der Waals surface area (Å²) in [5.74, 6) is 2.94. The molecular weight excluding hydrogens is 376 g/mol. The maximum absolute atomic E-state index is 12.0. The standard InChI is InChI=1S/C26H50O4/c1-19(2)13-15-23(21(5)6)17-29-25(27)11-9-10-12-26(28)30-18-24(22(7)8)16-14-20(3)4/h19-24H,9-18H2,1-8H3. The van der Waals surface area contributed by atoms with Gasteiger partial charge in [-0.1, -0.05) is 68.2 Å². The van der Waals surface area contributed by atoms with E-state index in [0.717, 1.165) is 25.7 Å². The summed E-state index contributed by atoms with van der Waals surface area (Å²) in [7, 11) is 0. The van der Waals surface area contributed by atoms with Gasteiger partial charge in [0.25, 0.3) is 0 Å². The van der Waals surface area contributed by atoms with Gasteiger partial charge in [-0.05, 0) is 61.2 Å². The van der Waals surface area contributed by atoms with E-state index < -0.39 is 0 Å². The quantitative estimate of drug-likeness (QED) is 0.185. The van der Waals surface area contributed by atoms with Crippen molar-refractivity contribution >= 4 is 11.9 Å². The fourth-order valence-electron chi connectivity index (χ4n) is 3.40. The maximum atomic E-state index is 12.0. The van der Waals surface area contributed by atoms with Gasteiger partial charge in [-0.25, -0.2) is 0 Å². The lowest BCUT2D eigenvalue weighted by molar-refractivity contribution is -0.147. The van der Waals surface area contributed by atoms with Crippen molar-refractivity contribution < 1.29 is 19.1 Å². The Balaban J connectivity index is 4.00. The van der Waals surface area contributed by atoms with Crippen LogP contribution in [0.1, 0.15) is 107 Å². The van der Waals surface area contributed by atoms with E-state index in [9.17, 15) is 9.59 Å². The first-order valence-electron chi connectivity index (χ1n) is 12.3. The second-order valence-corrected chi connectivity index (χ2v) is 10.5. The molecule has 0 aliphatic carbocycles. The van der Waals surface area contributed by atoms with Crippen molar-refractivity contribution in [2.75, 3.05) is 13.2 Å². The van der Waals surface area contributed by atoms with Crippen molar-refractivity contribution in [1.29, 1.82) is 0 Å². The zero-order valence-electron chi connectivity index (χ0n) is 21.2. The number of hydrogen-bond acceptors (Lipinski definition) is 4. The summed E-state index contributed by atoms with van der Waals surface area (Å²) in [5.41, 5.74) is 0. The lowest BCUT2D eigenvalue weighted by atomic mass is 9.89. The molecule has 0 saturated carbocycles. The van der Waals surface area contributed by atoms with E-state index in [2.05, 4.69) is 55.4 Å². The SMILES string of the molecule is CC(C)CCC(COC(=O)CCCCC(=O)OCC(CCC(C)C)C(C)C)C(C)C. The summed E-state index contributed by atoms with van der Waals surface area (Å²) in [4.78, 5) is 24.1. The molecule has 0 aromatic heterocycles. The highest BCUT2D eigenvalue weighted by Crippen LogP contribution is 2.22. The Hall–Kier alpha value is -1.06. The molecule has 0 heterocycles. The zero-order valence-corrected chi connectivity index (χ0v) is 21.2. The number of esters is 2. The van der Waals surface area contributed by atoms with E-state index >= 15 is 0 Å². The van der Waals surface area contributed by atoms with Gasteiger partial charge in [0.1, 0.15) is 0 Å². The van der Waals surface area contributed by atoms with Crippen molar-refractivity contribution in [2.24, 2.45) is 35.5 Å². The first-order chi connectivity index (χ1) is 14.0. The van der Waals surface area contributed by atoms with Crippen molar-refractivity contribution in [3.05, 3.63) is 0 Å². The van der Waals surface area contributed by atoms with Gasteiger partial charge >= 0.3 is 11.9 Å². The van der Waals surface area contributed by atoms with Crippen LogP contribution in [0.5, 0.6) is 0 Å². The Morgan fingerprint density at radius 1 is 0.567 bits per heavy atom. The third kappa shape index (κ3) is 15.7. The minimum absolute atomic E-state index is 0.146. The Bertz CT molecular complexity index is 412.